The lowest BCUT2D eigenvalue weighted by Gasteiger charge is -2.29. The molecule has 1 fully saturated rings. The van der Waals surface area contributed by atoms with Crippen molar-refractivity contribution in [1.29, 1.82) is 0 Å². The highest BCUT2D eigenvalue weighted by Gasteiger charge is 2.50. The van der Waals surface area contributed by atoms with Gasteiger partial charge in [0.1, 0.15) is 9.07 Å². The first-order valence-corrected chi connectivity index (χ1v) is 9.03. The average Bonchev–Trinajstić information content (AvgIpc) is 2.73. The molecule has 2 rings (SSSR count). The van der Waals surface area contributed by atoms with E-state index >= 15 is 0 Å². The zero-order valence-electron chi connectivity index (χ0n) is 14.0. The maximum atomic E-state index is 12.8. The maximum absolute atomic E-state index is 12.8. The van der Waals surface area contributed by atoms with Gasteiger partial charge in [-0.25, -0.2) is 0 Å². The molecule has 1 aliphatic heterocycles. The molecular formula is C16H21N3O3S2. The molecule has 0 amide bonds. The van der Waals surface area contributed by atoms with Crippen LogP contribution >= 0.6 is 24.0 Å². The summed E-state index contributed by atoms with van der Waals surface area (Å²) in [5.74, 6) is 0. The Morgan fingerprint density at radius 2 is 2.12 bits per heavy atom. The van der Waals surface area contributed by atoms with Crippen molar-refractivity contribution in [2.45, 2.75) is 44.5 Å². The van der Waals surface area contributed by atoms with Gasteiger partial charge in [-0.05, 0) is 26.3 Å². The summed E-state index contributed by atoms with van der Waals surface area (Å²) < 4.78 is 1.25. The number of nitro benzene ring substituents is 1. The third-order valence-electron chi connectivity index (χ3n) is 3.85. The highest BCUT2D eigenvalue weighted by atomic mass is 32.2. The van der Waals surface area contributed by atoms with Gasteiger partial charge in [-0.2, -0.15) is 4.74 Å². The molecule has 1 aromatic rings. The van der Waals surface area contributed by atoms with Gasteiger partial charge in [0, 0.05) is 24.2 Å². The number of nitro groups is 1. The number of rotatable bonds is 6. The number of benzene rings is 1. The van der Waals surface area contributed by atoms with Crippen molar-refractivity contribution in [2.75, 3.05) is 6.54 Å². The highest BCUT2D eigenvalue weighted by molar-refractivity contribution is 8.24. The fourth-order valence-electron chi connectivity index (χ4n) is 2.73. The van der Waals surface area contributed by atoms with Gasteiger partial charge in [-0.15, -0.1) is 0 Å². The molecule has 0 radical (unpaired) electrons. The van der Waals surface area contributed by atoms with E-state index in [0.717, 1.165) is 28.4 Å². The van der Waals surface area contributed by atoms with E-state index in [1.54, 1.807) is 12.1 Å². The number of hydrogen-bond donors (Lipinski definition) is 0. The van der Waals surface area contributed by atoms with E-state index in [-0.39, 0.29) is 10.4 Å². The third kappa shape index (κ3) is 4.05. The molecule has 1 heterocycles. The van der Waals surface area contributed by atoms with Crippen LogP contribution in [-0.2, 0) is 0 Å². The molecule has 130 valence electrons. The topological polar surface area (TPSA) is 72.5 Å². The molecule has 1 saturated heterocycles. The molecule has 1 aliphatic rings. The molecule has 0 aromatic heterocycles. The molecule has 1 aromatic carbocycles. The van der Waals surface area contributed by atoms with Crippen molar-refractivity contribution >= 4 is 40.2 Å². The predicted octanol–water partition coefficient (Wildman–Crippen LogP) is 3.76. The van der Waals surface area contributed by atoms with Gasteiger partial charge in [0.05, 0.1) is 4.92 Å². The van der Waals surface area contributed by atoms with Gasteiger partial charge < -0.3 is 5.21 Å². The van der Waals surface area contributed by atoms with Crippen LogP contribution in [0.4, 0.5) is 5.69 Å². The predicted molar refractivity (Wildman–Crippen MR) is 102 cm³/mol. The van der Waals surface area contributed by atoms with E-state index in [2.05, 4.69) is 6.92 Å². The summed E-state index contributed by atoms with van der Waals surface area (Å²) >= 11 is 6.96. The number of non-ortho nitro benzene ring substituents is 1. The summed E-state index contributed by atoms with van der Waals surface area (Å²) in [4.78, 5) is 12.4. The lowest BCUT2D eigenvalue weighted by Crippen LogP contribution is -2.48. The van der Waals surface area contributed by atoms with E-state index in [1.807, 2.05) is 18.7 Å². The summed E-state index contributed by atoms with van der Waals surface area (Å²) in [6.45, 7) is 6.81. The number of thioether (sulfide) groups is 1. The normalized spacial score (nSPS) is 20.5. The Hall–Kier alpha value is -1.67. The highest BCUT2D eigenvalue weighted by Crippen LogP contribution is 2.41. The summed E-state index contributed by atoms with van der Waals surface area (Å²) in [6, 6.07) is 6.06. The van der Waals surface area contributed by atoms with E-state index in [1.165, 1.54) is 30.1 Å². The Kier molecular flexibility index (Phi) is 5.82. The minimum Gasteiger partial charge on any atom is -0.622 e. The zero-order chi connectivity index (χ0) is 17.9. The van der Waals surface area contributed by atoms with E-state index in [0.29, 0.717) is 5.56 Å². The van der Waals surface area contributed by atoms with Gasteiger partial charge in [0.2, 0.25) is 0 Å². The Morgan fingerprint density at radius 1 is 1.42 bits per heavy atom. The van der Waals surface area contributed by atoms with E-state index in [4.69, 9.17) is 12.2 Å². The Morgan fingerprint density at radius 3 is 2.75 bits per heavy atom. The second-order valence-corrected chi connectivity index (χ2v) is 8.52. The molecule has 0 spiro atoms. The fraction of sp³-hybridized carbons (Fsp3) is 0.500. The van der Waals surface area contributed by atoms with E-state index < -0.39 is 11.1 Å². The number of hydroxylamine groups is 1. The second-order valence-electron chi connectivity index (χ2n) is 6.23. The van der Waals surface area contributed by atoms with Crippen LogP contribution in [0, 0.1) is 15.3 Å². The lowest BCUT2D eigenvalue weighted by atomic mass is 10.1. The first kappa shape index (κ1) is 18.7. The SMILES string of the molecule is CCCCN1C(=S)SC(C)(C)[C@H]1/[N+]([O-])=C/c1cccc([N+](=O)[O-])c1. The van der Waals surface area contributed by atoms with Crippen LogP contribution in [0.2, 0.25) is 0 Å². The summed E-state index contributed by atoms with van der Waals surface area (Å²) in [7, 11) is 0. The van der Waals surface area contributed by atoms with Crippen molar-refractivity contribution in [3.63, 3.8) is 0 Å². The Balaban J connectivity index is 2.33. The van der Waals surface area contributed by atoms with E-state index in [9.17, 15) is 15.3 Å². The van der Waals surface area contributed by atoms with Crippen molar-refractivity contribution in [3.05, 3.63) is 45.2 Å². The first-order chi connectivity index (χ1) is 11.3. The average molecular weight is 367 g/mol. The number of hydrogen-bond acceptors (Lipinski definition) is 5. The van der Waals surface area contributed by atoms with Gasteiger partial charge >= 0.3 is 0 Å². The van der Waals surface area contributed by atoms with Gasteiger partial charge in [-0.3, -0.25) is 15.0 Å². The summed E-state index contributed by atoms with van der Waals surface area (Å²) in [5.41, 5.74) is 0.476. The smallest absolute Gasteiger partial charge is 0.270 e. The van der Waals surface area contributed by atoms with Crippen molar-refractivity contribution in [1.82, 2.24) is 4.90 Å². The molecule has 8 heteroatoms. The van der Waals surface area contributed by atoms with Crippen LogP contribution < -0.4 is 0 Å². The minimum absolute atomic E-state index is 0.0319. The molecule has 0 N–H and O–H groups in total. The zero-order valence-corrected chi connectivity index (χ0v) is 15.6. The molecule has 24 heavy (non-hydrogen) atoms. The van der Waals surface area contributed by atoms with Gasteiger partial charge in [-0.1, -0.05) is 43.4 Å². The van der Waals surface area contributed by atoms with Gasteiger partial charge in [0.15, 0.2) is 6.21 Å². The van der Waals surface area contributed by atoms with Crippen molar-refractivity contribution < 1.29 is 9.66 Å². The third-order valence-corrected chi connectivity index (χ3v) is 5.48. The second kappa shape index (κ2) is 7.48. The van der Waals surface area contributed by atoms with Crippen LogP contribution in [0.3, 0.4) is 0 Å². The molecular weight excluding hydrogens is 346 g/mol. The van der Waals surface area contributed by atoms with Crippen molar-refractivity contribution in [3.8, 4) is 0 Å². The van der Waals surface area contributed by atoms with Crippen LogP contribution in [0.1, 0.15) is 39.2 Å². The monoisotopic (exact) mass is 367 g/mol. The largest absolute Gasteiger partial charge is 0.622 e. The number of thiocarbonyl (C=S) groups is 1. The van der Waals surface area contributed by atoms with Crippen LogP contribution in [0.15, 0.2) is 24.3 Å². The van der Waals surface area contributed by atoms with Crippen LogP contribution in [0.5, 0.6) is 0 Å². The first-order valence-electron chi connectivity index (χ1n) is 7.80. The minimum atomic E-state index is -0.468. The van der Waals surface area contributed by atoms with Crippen LogP contribution in [-0.4, -0.2) is 42.6 Å². The molecule has 0 aliphatic carbocycles. The Bertz CT molecular complexity index is 676. The number of nitrogens with zero attached hydrogens (tertiary/aromatic N) is 3. The Labute approximate surface area is 151 Å². The quantitative estimate of drug-likeness (QED) is 0.190. The van der Waals surface area contributed by atoms with Crippen molar-refractivity contribution in [2.24, 2.45) is 0 Å². The molecule has 0 saturated carbocycles. The molecule has 0 bridgehead atoms. The summed E-state index contributed by atoms with van der Waals surface area (Å²) in [6.07, 6.45) is 2.95. The standard InChI is InChI=1S/C16H21N3O3S2/c1-4-5-9-17-14(16(2,3)24-15(17)23)18(20)11-12-7-6-8-13(10-12)19(21)22/h6-8,10-11,14H,4-5,9H2,1-3H3/b18-11-/t14-/m1/s1. The lowest BCUT2D eigenvalue weighted by molar-refractivity contribution is -0.523. The molecule has 6 nitrogen and oxygen atoms in total. The number of unbranched alkanes of at least 4 members (excludes halogenated alkanes) is 1. The van der Waals surface area contributed by atoms with Gasteiger partial charge in [0.25, 0.3) is 11.9 Å². The fourth-order valence-corrected chi connectivity index (χ4v) is 4.66. The molecule has 1 atom stereocenters. The summed E-state index contributed by atoms with van der Waals surface area (Å²) in [5, 5.41) is 23.7. The molecule has 0 unspecified atom stereocenters. The van der Waals surface area contributed by atoms with Crippen LogP contribution in [0.25, 0.3) is 0 Å². The maximum Gasteiger partial charge on any atom is 0.270 e.